The predicted molar refractivity (Wildman–Crippen MR) is 97.3 cm³/mol. The van der Waals surface area contributed by atoms with Crippen molar-refractivity contribution in [3.8, 4) is 0 Å². The first-order valence-electron chi connectivity index (χ1n) is 8.63. The molecule has 140 valence electrons. The maximum absolute atomic E-state index is 12.7. The zero-order valence-corrected chi connectivity index (χ0v) is 15.3. The lowest BCUT2D eigenvalue weighted by Gasteiger charge is -2.20. The van der Waals surface area contributed by atoms with Crippen LogP contribution in [0, 0.1) is 0 Å². The summed E-state index contributed by atoms with van der Waals surface area (Å²) < 4.78 is 27.5. The standard InChI is InChI=1S/C17H23N5O3S/c23-17(22-9-2-6-18-8-10-22)14-3-1-4-16(11-14)26(24,25)21-7-5-15-12-19-13-20-15/h1,3-4,11-13,18,21H,2,5-10H2,(H,19,20). The molecule has 0 unspecified atom stereocenters. The van der Waals surface area contributed by atoms with Gasteiger partial charge >= 0.3 is 0 Å². The molecule has 1 aliphatic heterocycles. The van der Waals surface area contributed by atoms with Crippen molar-refractivity contribution in [2.45, 2.75) is 17.7 Å². The molecule has 3 N–H and O–H groups in total. The molecule has 1 aromatic heterocycles. The van der Waals surface area contributed by atoms with E-state index in [0.29, 0.717) is 25.1 Å². The minimum atomic E-state index is -3.67. The predicted octanol–water partition coefficient (Wildman–Crippen LogP) is 0.366. The molecule has 2 heterocycles. The van der Waals surface area contributed by atoms with Gasteiger partial charge in [0, 0.05) is 50.1 Å². The van der Waals surface area contributed by atoms with E-state index in [1.807, 2.05) is 0 Å². The second kappa shape index (κ2) is 8.43. The molecule has 1 aliphatic rings. The van der Waals surface area contributed by atoms with E-state index in [4.69, 9.17) is 0 Å². The largest absolute Gasteiger partial charge is 0.348 e. The molecule has 0 radical (unpaired) electrons. The first kappa shape index (κ1) is 18.6. The summed E-state index contributed by atoms with van der Waals surface area (Å²) in [4.78, 5) is 21.4. The average Bonchev–Trinajstić information content (AvgIpc) is 3.01. The fourth-order valence-electron chi connectivity index (χ4n) is 2.85. The van der Waals surface area contributed by atoms with E-state index in [-0.39, 0.29) is 17.3 Å². The molecule has 0 atom stereocenters. The number of imidazole rings is 1. The Morgan fingerprint density at radius 1 is 1.27 bits per heavy atom. The summed E-state index contributed by atoms with van der Waals surface area (Å²) in [5.74, 6) is -0.136. The van der Waals surface area contributed by atoms with Crippen LogP contribution in [0.4, 0.5) is 0 Å². The third-order valence-electron chi connectivity index (χ3n) is 4.26. The lowest BCUT2D eigenvalue weighted by Crippen LogP contribution is -2.34. The van der Waals surface area contributed by atoms with Gasteiger partial charge in [-0.3, -0.25) is 4.79 Å². The number of amides is 1. The summed E-state index contributed by atoms with van der Waals surface area (Å²) in [6, 6.07) is 6.20. The Balaban J connectivity index is 1.67. The Labute approximate surface area is 153 Å². The van der Waals surface area contributed by atoms with Crippen molar-refractivity contribution in [1.29, 1.82) is 0 Å². The van der Waals surface area contributed by atoms with Crippen LogP contribution >= 0.6 is 0 Å². The summed E-state index contributed by atoms with van der Waals surface area (Å²) in [6.45, 7) is 3.18. The summed E-state index contributed by atoms with van der Waals surface area (Å²) >= 11 is 0. The summed E-state index contributed by atoms with van der Waals surface area (Å²) in [5, 5.41) is 3.25. The number of benzene rings is 1. The number of nitrogens with one attached hydrogen (secondary N) is 3. The van der Waals surface area contributed by atoms with Crippen molar-refractivity contribution in [3.63, 3.8) is 0 Å². The summed E-state index contributed by atoms with van der Waals surface area (Å²) in [7, 11) is -3.67. The molecule has 0 bridgehead atoms. The van der Waals surface area contributed by atoms with Crippen LogP contribution in [-0.2, 0) is 16.4 Å². The van der Waals surface area contributed by atoms with Gasteiger partial charge in [0.2, 0.25) is 10.0 Å². The van der Waals surface area contributed by atoms with Gasteiger partial charge in [-0.25, -0.2) is 18.1 Å². The second-order valence-corrected chi connectivity index (χ2v) is 7.92. The lowest BCUT2D eigenvalue weighted by atomic mass is 10.2. The number of carbonyl (C=O) groups excluding carboxylic acids is 1. The van der Waals surface area contributed by atoms with Crippen molar-refractivity contribution >= 4 is 15.9 Å². The van der Waals surface area contributed by atoms with Gasteiger partial charge in [0.25, 0.3) is 5.91 Å². The highest BCUT2D eigenvalue weighted by atomic mass is 32.2. The number of aromatic amines is 1. The second-order valence-electron chi connectivity index (χ2n) is 6.15. The molecule has 8 nitrogen and oxygen atoms in total. The molecule has 2 aromatic rings. The van der Waals surface area contributed by atoms with Gasteiger partial charge in [0.15, 0.2) is 0 Å². The van der Waals surface area contributed by atoms with Crippen molar-refractivity contribution in [3.05, 3.63) is 48.0 Å². The zero-order chi connectivity index (χ0) is 18.4. The molecule has 1 fully saturated rings. The first-order chi connectivity index (χ1) is 12.6. The van der Waals surface area contributed by atoms with Crippen molar-refractivity contribution in [1.82, 2.24) is 24.9 Å². The Bertz CT molecular complexity index is 828. The van der Waals surface area contributed by atoms with E-state index in [2.05, 4.69) is 20.0 Å². The van der Waals surface area contributed by atoms with Gasteiger partial charge in [0.1, 0.15) is 0 Å². The van der Waals surface area contributed by atoms with E-state index in [9.17, 15) is 13.2 Å². The van der Waals surface area contributed by atoms with Crippen molar-refractivity contribution in [2.75, 3.05) is 32.7 Å². The molecule has 0 spiro atoms. The van der Waals surface area contributed by atoms with Gasteiger partial charge < -0.3 is 15.2 Å². The first-order valence-corrected chi connectivity index (χ1v) is 10.1. The fraction of sp³-hybridized carbons (Fsp3) is 0.412. The van der Waals surface area contributed by atoms with E-state index in [1.165, 1.54) is 12.1 Å². The zero-order valence-electron chi connectivity index (χ0n) is 14.4. The van der Waals surface area contributed by atoms with Crippen LogP contribution in [0.25, 0.3) is 0 Å². The normalized spacial score (nSPS) is 15.6. The van der Waals surface area contributed by atoms with E-state index < -0.39 is 10.0 Å². The minimum absolute atomic E-state index is 0.0981. The quantitative estimate of drug-likeness (QED) is 0.674. The van der Waals surface area contributed by atoms with Gasteiger partial charge in [0.05, 0.1) is 11.2 Å². The maximum atomic E-state index is 12.7. The van der Waals surface area contributed by atoms with Crippen LogP contribution in [0.15, 0.2) is 41.7 Å². The monoisotopic (exact) mass is 377 g/mol. The Morgan fingerprint density at radius 2 is 2.15 bits per heavy atom. The van der Waals surface area contributed by atoms with Crippen LogP contribution in [-0.4, -0.2) is 61.9 Å². The molecular weight excluding hydrogens is 354 g/mol. The number of carbonyl (C=O) groups is 1. The van der Waals surface area contributed by atoms with Crippen molar-refractivity contribution < 1.29 is 13.2 Å². The molecular formula is C17H23N5O3S. The fourth-order valence-corrected chi connectivity index (χ4v) is 3.93. The summed E-state index contributed by atoms with van der Waals surface area (Å²) in [6.07, 6.45) is 4.61. The summed E-state index contributed by atoms with van der Waals surface area (Å²) in [5.41, 5.74) is 1.25. The molecule has 1 saturated heterocycles. The topological polar surface area (TPSA) is 107 Å². The molecule has 26 heavy (non-hydrogen) atoms. The number of hydrogen-bond donors (Lipinski definition) is 3. The van der Waals surface area contributed by atoms with Crippen LogP contribution < -0.4 is 10.0 Å². The third-order valence-corrected chi connectivity index (χ3v) is 5.72. The Morgan fingerprint density at radius 3 is 2.96 bits per heavy atom. The SMILES string of the molecule is O=C(c1cccc(S(=O)(=O)NCCc2cnc[nH]2)c1)N1CCCNCC1. The maximum Gasteiger partial charge on any atom is 0.253 e. The van der Waals surface area contributed by atoms with Crippen LogP contribution in [0.3, 0.4) is 0 Å². The molecule has 9 heteroatoms. The third kappa shape index (κ3) is 4.69. The van der Waals surface area contributed by atoms with E-state index >= 15 is 0 Å². The van der Waals surface area contributed by atoms with Crippen molar-refractivity contribution in [2.24, 2.45) is 0 Å². The number of hydrogen-bond acceptors (Lipinski definition) is 5. The number of nitrogens with zero attached hydrogens (tertiary/aromatic N) is 2. The van der Waals surface area contributed by atoms with E-state index in [1.54, 1.807) is 29.6 Å². The van der Waals surface area contributed by atoms with Gasteiger partial charge in [-0.05, 0) is 31.2 Å². The van der Waals surface area contributed by atoms with E-state index in [0.717, 1.165) is 25.2 Å². The Hall–Kier alpha value is -2.23. The number of aromatic nitrogens is 2. The molecule has 3 rings (SSSR count). The highest BCUT2D eigenvalue weighted by Gasteiger charge is 2.20. The number of rotatable bonds is 6. The smallest absolute Gasteiger partial charge is 0.253 e. The highest BCUT2D eigenvalue weighted by Crippen LogP contribution is 2.14. The number of sulfonamides is 1. The van der Waals surface area contributed by atoms with Crippen LogP contribution in [0.2, 0.25) is 0 Å². The Kier molecular flexibility index (Phi) is 6.02. The molecule has 1 aromatic carbocycles. The van der Waals surface area contributed by atoms with Gasteiger partial charge in [-0.2, -0.15) is 0 Å². The van der Waals surface area contributed by atoms with Gasteiger partial charge in [-0.15, -0.1) is 0 Å². The van der Waals surface area contributed by atoms with Gasteiger partial charge in [-0.1, -0.05) is 6.07 Å². The molecule has 0 aliphatic carbocycles. The minimum Gasteiger partial charge on any atom is -0.348 e. The lowest BCUT2D eigenvalue weighted by molar-refractivity contribution is 0.0766. The van der Waals surface area contributed by atoms with Crippen LogP contribution in [0.5, 0.6) is 0 Å². The highest BCUT2D eigenvalue weighted by molar-refractivity contribution is 7.89. The van der Waals surface area contributed by atoms with Crippen LogP contribution in [0.1, 0.15) is 22.5 Å². The molecule has 1 amide bonds. The average molecular weight is 377 g/mol. The molecule has 0 saturated carbocycles. The number of H-pyrrole nitrogens is 1.